The van der Waals surface area contributed by atoms with Gasteiger partial charge in [-0.1, -0.05) is 45.9 Å². The molecule has 1 fully saturated rings. The summed E-state index contributed by atoms with van der Waals surface area (Å²) in [5, 5.41) is 5.41. The van der Waals surface area contributed by atoms with E-state index < -0.39 is 17.5 Å². The fourth-order valence-corrected chi connectivity index (χ4v) is 3.81. The van der Waals surface area contributed by atoms with E-state index in [2.05, 4.69) is 35.2 Å². The van der Waals surface area contributed by atoms with Crippen LogP contribution >= 0.6 is 0 Å². The van der Waals surface area contributed by atoms with Gasteiger partial charge >= 0.3 is 6.03 Å². The van der Waals surface area contributed by atoms with Gasteiger partial charge in [0.05, 0.1) is 7.11 Å². The first-order valence-corrected chi connectivity index (χ1v) is 12.0. The van der Waals surface area contributed by atoms with Crippen LogP contribution in [0.1, 0.15) is 75.2 Å². The number of hydrogen-bond donors (Lipinski definition) is 2. The number of nitrogens with one attached hydrogen (secondary N) is 2. The lowest BCUT2D eigenvalue weighted by atomic mass is 9.93. The number of carbonyl (C=O) groups excluding carboxylic acids is 3. The Bertz CT molecular complexity index is 1280. The molecule has 8 nitrogen and oxygen atoms in total. The van der Waals surface area contributed by atoms with Crippen molar-refractivity contribution in [2.24, 2.45) is 0 Å². The first-order valence-electron chi connectivity index (χ1n) is 12.0. The Hall–Kier alpha value is -3.94. The molecule has 4 rings (SSSR count). The number of Topliss-reactive ketones (excluding diaryl/α,β-unsaturated/α-hetero) is 1. The zero-order valence-corrected chi connectivity index (χ0v) is 22.1. The largest absolute Gasteiger partial charge is 0.497 e. The molecule has 1 aromatic carbocycles. The normalized spacial score (nSPS) is 16.2. The Morgan fingerprint density at radius 1 is 1.14 bits per heavy atom. The number of aryl methyl sites for hydroxylation is 1. The number of pyridine rings is 1. The van der Waals surface area contributed by atoms with Gasteiger partial charge in [0.25, 0.3) is 5.91 Å². The van der Waals surface area contributed by atoms with Gasteiger partial charge in [0.1, 0.15) is 11.5 Å². The summed E-state index contributed by atoms with van der Waals surface area (Å²) >= 11 is 0. The summed E-state index contributed by atoms with van der Waals surface area (Å²) < 4.78 is 10.8. The third kappa shape index (κ3) is 5.82. The summed E-state index contributed by atoms with van der Waals surface area (Å²) in [4.78, 5) is 38.9. The number of allylic oxidation sites excluding steroid dienone is 1. The van der Waals surface area contributed by atoms with E-state index in [-0.39, 0.29) is 5.78 Å². The van der Waals surface area contributed by atoms with Gasteiger partial charge in [0, 0.05) is 17.1 Å². The smallest absolute Gasteiger partial charge is 0.322 e. The van der Waals surface area contributed by atoms with Crippen LogP contribution in [0.15, 0.2) is 47.5 Å². The maximum absolute atomic E-state index is 12.1. The maximum atomic E-state index is 12.1. The summed E-state index contributed by atoms with van der Waals surface area (Å²) in [6.07, 6.45) is 2.79. The fourth-order valence-electron chi connectivity index (χ4n) is 3.81. The molecule has 3 aromatic rings. The van der Waals surface area contributed by atoms with E-state index in [1.165, 1.54) is 24.2 Å². The summed E-state index contributed by atoms with van der Waals surface area (Å²) in [5.41, 5.74) is 3.18. The van der Waals surface area contributed by atoms with Crippen LogP contribution in [0.25, 0.3) is 16.7 Å². The van der Waals surface area contributed by atoms with E-state index in [0.717, 1.165) is 17.7 Å². The van der Waals surface area contributed by atoms with Crippen molar-refractivity contribution in [1.29, 1.82) is 0 Å². The molecule has 1 aliphatic heterocycles. The highest BCUT2D eigenvalue weighted by molar-refractivity contribution is 6.07. The number of fused-ring (bicyclic) bond motifs is 1. The Balaban J connectivity index is 0.000000262. The summed E-state index contributed by atoms with van der Waals surface area (Å²) in [6.45, 7) is 15.3. The number of imide groups is 1. The molecule has 0 radical (unpaired) electrons. The van der Waals surface area contributed by atoms with Gasteiger partial charge in [0.15, 0.2) is 11.3 Å². The molecule has 3 amide bonds. The molecule has 36 heavy (non-hydrogen) atoms. The van der Waals surface area contributed by atoms with E-state index >= 15 is 0 Å². The van der Waals surface area contributed by atoms with Gasteiger partial charge in [-0.05, 0) is 62.1 Å². The number of rotatable bonds is 6. The zero-order chi connectivity index (χ0) is 27.0. The second-order valence-corrected chi connectivity index (χ2v) is 8.11. The number of ketones is 1. The highest BCUT2D eigenvalue weighted by atomic mass is 16.5. The van der Waals surface area contributed by atoms with Crippen LogP contribution in [-0.2, 0) is 16.8 Å². The summed E-state index contributed by atoms with van der Waals surface area (Å²) in [7, 11) is 1.68. The zero-order valence-electron chi connectivity index (χ0n) is 22.1. The average molecular weight is 494 g/mol. The monoisotopic (exact) mass is 493 g/mol. The van der Waals surface area contributed by atoms with Crippen LogP contribution in [0.4, 0.5) is 4.79 Å². The number of amides is 3. The second-order valence-electron chi connectivity index (χ2n) is 8.11. The number of aromatic nitrogens is 1. The van der Waals surface area contributed by atoms with Crippen molar-refractivity contribution in [3.63, 3.8) is 0 Å². The van der Waals surface area contributed by atoms with Crippen LogP contribution in [0.3, 0.4) is 0 Å². The summed E-state index contributed by atoms with van der Waals surface area (Å²) in [6, 6.07) is 8.86. The van der Waals surface area contributed by atoms with Crippen molar-refractivity contribution in [3.05, 3.63) is 65.6 Å². The van der Waals surface area contributed by atoms with Gasteiger partial charge in [-0.25, -0.2) is 9.78 Å². The number of ether oxygens (including phenoxy) is 1. The number of nitrogens with zero attached hydrogens (tertiary/aromatic N) is 1. The quantitative estimate of drug-likeness (QED) is 0.332. The molecule has 0 saturated carbocycles. The predicted octanol–water partition coefficient (Wildman–Crippen LogP) is 5.79. The van der Waals surface area contributed by atoms with Crippen LogP contribution in [0.5, 0.6) is 5.75 Å². The first kappa shape index (κ1) is 28.3. The lowest BCUT2D eigenvalue weighted by Crippen LogP contribution is -2.42. The van der Waals surface area contributed by atoms with Crippen LogP contribution in [0.2, 0.25) is 0 Å². The molecule has 0 bridgehead atoms. The van der Waals surface area contributed by atoms with Crippen molar-refractivity contribution in [3.8, 4) is 5.75 Å². The molecule has 192 valence electrons. The Kier molecular flexibility index (Phi) is 9.55. The highest BCUT2D eigenvalue weighted by Crippen LogP contribution is 2.32. The minimum Gasteiger partial charge on any atom is -0.497 e. The maximum Gasteiger partial charge on any atom is 0.322 e. The number of furan rings is 1. The van der Waals surface area contributed by atoms with Gasteiger partial charge < -0.3 is 14.5 Å². The van der Waals surface area contributed by atoms with Crippen LogP contribution in [0, 0.1) is 0 Å². The van der Waals surface area contributed by atoms with E-state index in [1.54, 1.807) is 26.2 Å². The molecule has 1 aliphatic rings. The van der Waals surface area contributed by atoms with Crippen LogP contribution in [-0.4, -0.2) is 29.8 Å². The standard InChI is InChI=1S/C14H13N3O4.C12H16O.C2H6/c1-3-14(12(19)16-13(20)17-14)10-5-8-4-9(7(2)18)6-15-11(8)21-10;1-5-10-6-7-11(13-4)8-12(10)9(2)3;1-2/h4-6H,3H2,1-2H3,(H2,16,17,19,20);6-8H,2,5H2,1,3-4H3;1-2H3/t14-;;/m0../s1. The number of urea groups is 1. The number of carbonyl (C=O) groups is 3. The van der Waals surface area contributed by atoms with Crippen molar-refractivity contribution in [2.75, 3.05) is 7.11 Å². The third-order valence-electron chi connectivity index (χ3n) is 5.83. The first-order chi connectivity index (χ1) is 17.1. The SMILES string of the molecule is C=C(C)c1cc(OC)ccc1CC.CC.CC[C@@]1(c2cc3cc(C(C)=O)cnc3o2)NC(=O)NC1=O. The summed E-state index contributed by atoms with van der Waals surface area (Å²) in [5.74, 6) is 0.636. The Morgan fingerprint density at radius 3 is 2.33 bits per heavy atom. The molecule has 8 heteroatoms. The lowest BCUT2D eigenvalue weighted by Gasteiger charge is -2.20. The topological polar surface area (TPSA) is 111 Å². The molecule has 0 unspecified atom stereocenters. The van der Waals surface area contributed by atoms with E-state index in [9.17, 15) is 14.4 Å². The Morgan fingerprint density at radius 2 is 1.83 bits per heavy atom. The van der Waals surface area contributed by atoms with Crippen molar-refractivity contribution >= 4 is 34.4 Å². The number of hydrogen-bond acceptors (Lipinski definition) is 6. The van der Waals surface area contributed by atoms with Gasteiger partial charge in [-0.15, -0.1) is 0 Å². The van der Waals surface area contributed by atoms with Crippen LogP contribution < -0.4 is 15.4 Å². The molecular formula is C28H35N3O5. The van der Waals surface area contributed by atoms with Gasteiger partial charge in [-0.2, -0.15) is 0 Å². The molecule has 3 heterocycles. The van der Waals surface area contributed by atoms with E-state index in [4.69, 9.17) is 9.15 Å². The van der Waals surface area contributed by atoms with Crippen molar-refractivity contribution < 1.29 is 23.5 Å². The minimum atomic E-state index is -1.23. The molecule has 1 saturated heterocycles. The Labute approximate surface area is 212 Å². The van der Waals surface area contributed by atoms with Crippen molar-refractivity contribution in [2.45, 2.75) is 59.9 Å². The molecule has 0 aliphatic carbocycles. The van der Waals surface area contributed by atoms with E-state index in [1.807, 2.05) is 32.9 Å². The lowest BCUT2D eigenvalue weighted by molar-refractivity contribution is -0.125. The average Bonchev–Trinajstić information content (AvgIpc) is 3.44. The van der Waals surface area contributed by atoms with Crippen molar-refractivity contribution in [1.82, 2.24) is 15.6 Å². The molecule has 1 atom stereocenters. The fraction of sp³-hybridized carbons (Fsp3) is 0.357. The molecule has 2 aromatic heterocycles. The number of methoxy groups -OCH3 is 1. The molecule has 2 N–H and O–H groups in total. The minimum absolute atomic E-state index is 0.107. The van der Waals surface area contributed by atoms with Gasteiger partial charge in [-0.3, -0.25) is 14.9 Å². The van der Waals surface area contributed by atoms with Gasteiger partial charge in [0.2, 0.25) is 5.71 Å². The predicted molar refractivity (Wildman–Crippen MR) is 141 cm³/mol. The molecule has 0 spiro atoms. The third-order valence-corrected chi connectivity index (χ3v) is 5.83. The molecular weight excluding hydrogens is 458 g/mol. The highest BCUT2D eigenvalue weighted by Gasteiger charge is 2.49. The van der Waals surface area contributed by atoms with E-state index in [0.29, 0.717) is 28.8 Å². The number of benzene rings is 1. The second kappa shape index (κ2) is 12.2.